The molecule has 0 N–H and O–H groups in total. The van der Waals surface area contributed by atoms with Crippen molar-refractivity contribution in [3.8, 4) is 0 Å². The topological polar surface area (TPSA) is 56.6 Å². The van der Waals surface area contributed by atoms with E-state index in [0.29, 0.717) is 11.7 Å². The minimum atomic E-state index is -0.0218. The highest BCUT2D eigenvalue weighted by Gasteiger charge is 2.26. The number of nitrogens with zero attached hydrogens (tertiary/aromatic N) is 3. The summed E-state index contributed by atoms with van der Waals surface area (Å²) in [6, 6.07) is 0.601. The molecule has 4 rings (SSSR count). The van der Waals surface area contributed by atoms with Gasteiger partial charge in [0.05, 0.1) is 13.2 Å². The number of aldehydes is 1. The lowest BCUT2D eigenvalue weighted by atomic mass is 9.90. The third kappa shape index (κ3) is 3.71. The molecule has 0 amide bonds. The van der Waals surface area contributed by atoms with Crippen molar-refractivity contribution < 1.29 is 14.3 Å². The minimum Gasteiger partial charge on any atom is -0.379 e. The molecule has 1 aromatic heterocycles. The van der Waals surface area contributed by atoms with Gasteiger partial charge in [-0.1, -0.05) is 6.08 Å². The summed E-state index contributed by atoms with van der Waals surface area (Å²) in [7, 11) is 0. The van der Waals surface area contributed by atoms with Crippen LogP contribution in [-0.4, -0.2) is 59.9 Å². The predicted octanol–water partition coefficient (Wildman–Crippen LogP) is 2.66. The van der Waals surface area contributed by atoms with Crippen molar-refractivity contribution in [2.75, 3.05) is 32.9 Å². The molecular formula is C19H27N3O3. The predicted molar refractivity (Wildman–Crippen MR) is 94.5 cm³/mol. The van der Waals surface area contributed by atoms with Gasteiger partial charge in [0, 0.05) is 37.5 Å². The summed E-state index contributed by atoms with van der Waals surface area (Å²) >= 11 is 0. The SMILES string of the molecule is O=Cc1nn([C@H]2CCCCO2)cc1C1=CC[C@@H](N2CCOCC2)CC1. The number of morpholine rings is 1. The van der Waals surface area contributed by atoms with Gasteiger partial charge in [-0.25, -0.2) is 4.68 Å². The molecule has 2 saturated heterocycles. The molecule has 1 aliphatic carbocycles. The van der Waals surface area contributed by atoms with E-state index >= 15 is 0 Å². The van der Waals surface area contributed by atoms with Crippen molar-refractivity contribution in [1.82, 2.24) is 14.7 Å². The maximum atomic E-state index is 11.5. The fraction of sp³-hybridized carbons (Fsp3) is 0.684. The molecule has 3 heterocycles. The van der Waals surface area contributed by atoms with Gasteiger partial charge in [-0.15, -0.1) is 0 Å². The van der Waals surface area contributed by atoms with Crippen molar-refractivity contribution in [1.29, 1.82) is 0 Å². The first-order valence-corrected chi connectivity index (χ1v) is 9.52. The van der Waals surface area contributed by atoms with Crippen LogP contribution < -0.4 is 0 Å². The Morgan fingerprint density at radius 1 is 1.16 bits per heavy atom. The first kappa shape index (κ1) is 16.9. The minimum absolute atomic E-state index is 0.0218. The second kappa shape index (κ2) is 7.81. The highest BCUT2D eigenvalue weighted by Crippen LogP contribution is 2.32. The van der Waals surface area contributed by atoms with Crippen LogP contribution in [0.1, 0.15) is 60.8 Å². The first-order chi connectivity index (χ1) is 12.3. The van der Waals surface area contributed by atoms with Gasteiger partial charge >= 0.3 is 0 Å². The highest BCUT2D eigenvalue weighted by atomic mass is 16.5. The zero-order chi connectivity index (χ0) is 17.1. The van der Waals surface area contributed by atoms with Crippen LogP contribution in [0.25, 0.3) is 5.57 Å². The molecule has 2 atom stereocenters. The zero-order valence-corrected chi connectivity index (χ0v) is 14.7. The quantitative estimate of drug-likeness (QED) is 0.785. The van der Waals surface area contributed by atoms with E-state index in [1.807, 2.05) is 10.9 Å². The molecule has 0 unspecified atom stereocenters. The largest absolute Gasteiger partial charge is 0.379 e. The molecule has 6 heteroatoms. The Labute approximate surface area is 148 Å². The molecule has 2 aliphatic heterocycles. The number of ether oxygens (including phenoxy) is 2. The Balaban J connectivity index is 1.48. The second-order valence-electron chi connectivity index (χ2n) is 7.15. The molecule has 1 aromatic rings. The van der Waals surface area contributed by atoms with Gasteiger partial charge in [0.1, 0.15) is 11.9 Å². The first-order valence-electron chi connectivity index (χ1n) is 9.52. The summed E-state index contributed by atoms with van der Waals surface area (Å²) in [5.41, 5.74) is 2.79. The van der Waals surface area contributed by atoms with Crippen LogP contribution in [0.2, 0.25) is 0 Å². The number of rotatable bonds is 4. The smallest absolute Gasteiger partial charge is 0.170 e. The lowest BCUT2D eigenvalue weighted by Crippen LogP contribution is -2.43. The number of allylic oxidation sites excluding steroid dienone is 1. The molecule has 0 saturated carbocycles. The lowest BCUT2D eigenvalue weighted by molar-refractivity contribution is -0.0395. The number of carbonyl (C=O) groups is 1. The fourth-order valence-electron chi connectivity index (χ4n) is 4.16. The molecule has 25 heavy (non-hydrogen) atoms. The monoisotopic (exact) mass is 345 g/mol. The van der Waals surface area contributed by atoms with Gasteiger partial charge in [0.25, 0.3) is 0 Å². The van der Waals surface area contributed by atoms with Crippen LogP contribution in [0.5, 0.6) is 0 Å². The fourth-order valence-corrected chi connectivity index (χ4v) is 4.16. The van der Waals surface area contributed by atoms with Crippen LogP contribution in [-0.2, 0) is 9.47 Å². The van der Waals surface area contributed by atoms with Crippen LogP contribution in [0.3, 0.4) is 0 Å². The molecule has 2 fully saturated rings. The van der Waals surface area contributed by atoms with Gasteiger partial charge in [-0.2, -0.15) is 5.10 Å². The van der Waals surface area contributed by atoms with E-state index in [9.17, 15) is 4.79 Å². The normalized spacial score (nSPS) is 28.6. The van der Waals surface area contributed by atoms with Crippen molar-refractivity contribution in [2.45, 2.75) is 50.8 Å². The standard InChI is InChI=1S/C19H27N3O3/c23-14-18-17(13-22(20-18)19-3-1-2-10-25-19)15-4-6-16(7-5-15)21-8-11-24-12-9-21/h4,13-14,16,19H,1-3,5-12H2/t16-,19-/m1/s1. The molecule has 0 spiro atoms. The van der Waals surface area contributed by atoms with Crippen molar-refractivity contribution in [3.05, 3.63) is 23.5 Å². The summed E-state index contributed by atoms with van der Waals surface area (Å²) in [5.74, 6) is 0. The molecule has 0 radical (unpaired) electrons. The average Bonchev–Trinajstić information content (AvgIpc) is 3.14. The summed E-state index contributed by atoms with van der Waals surface area (Å²) in [6.45, 7) is 4.53. The van der Waals surface area contributed by atoms with E-state index in [4.69, 9.17) is 9.47 Å². The third-order valence-corrected chi connectivity index (χ3v) is 5.61. The van der Waals surface area contributed by atoms with Gasteiger partial charge in [-0.3, -0.25) is 9.69 Å². The average molecular weight is 345 g/mol. The van der Waals surface area contributed by atoms with E-state index in [2.05, 4.69) is 16.1 Å². The van der Waals surface area contributed by atoms with Gasteiger partial charge < -0.3 is 9.47 Å². The third-order valence-electron chi connectivity index (χ3n) is 5.61. The van der Waals surface area contributed by atoms with Crippen molar-refractivity contribution in [2.24, 2.45) is 0 Å². The van der Waals surface area contributed by atoms with Crippen molar-refractivity contribution >= 4 is 11.9 Å². The zero-order valence-electron chi connectivity index (χ0n) is 14.7. The van der Waals surface area contributed by atoms with Crippen LogP contribution >= 0.6 is 0 Å². The van der Waals surface area contributed by atoms with E-state index in [-0.39, 0.29) is 6.23 Å². The maximum absolute atomic E-state index is 11.5. The number of hydrogen-bond donors (Lipinski definition) is 0. The molecule has 3 aliphatic rings. The Hall–Kier alpha value is -1.50. The van der Waals surface area contributed by atoms with E-state index < -0.39 is 0 Å². The Morgan fingerprint density at radius 2 is 2.04 bits per heavy atom. The summed E-state index contributed by atoms with van der Waals surface area (Å²) in [6.07, 6.45) is 11.6. The lowest BCUT2D eigenvalue weighted by Gasteiger charge is -2.36. The Kier molecular flexibility index (Phi) is 5.29. The number of carbonyl (C=O) groups excluding carboxylic acids is 1. The van der Waals surface area contributed by atoms with Gasteiger partial charge in [-0.05, 0) is 44.1 Å². The second-order valence-corrected chi connectivity index (χ2v) is 7.15. The number of aromatic nitrogens is 2. The van der Waals surface area contributed by atoms with Crippen LogP contribution in [0, 0.1) is 0 Å². The maximum Gasteiger partial charge on any atom is 0.170 e. The van der Waals surface area contributed by atoms with Crippen molar-refractivity contribution in [3.63, 3.8) is 0 Å². The molecule has 136 valence electrons. The van der Waals surface area contributed by atoms with E-state index in [1.54, 1.807) is 0 Å². The van der Waals surface area contributed by atoms with E-state index in [1.165, 1.54) is 5.57 Å². The Morgan fingerprint density at radius 3 is 2.72 bits per heavy atom. The summed E-state index contributed by atoms with van der Waals surface area (Å²) in [4.78, 5) is 14.1. The molecular weight excluding hydrogens is 318 g/mol. The van der Waals surface area contributed by atoms with Gasteiger partial charge in [0.2, 0.25) is 0 Å². The number of hydrogen-bond acceptors (Lipinski definition) is 5. The highest BCUT2D eigenvalue weighted by molar-refractivity contribution is 5.83. The van der Waals surface area contributed by atoms with Gasteiger partial charge in [0.15, 0.2) is 6.29 Å². The summed E-state index contributed by atoms with van der Waals surface area (Å²) < 4.78 is 13.1. The summed E-state index contributed by atoms with van der Waals surface area (Å²) in [5, 5.41) is 4.49. The van der Waals surface area contributed by atoms with E-state index in [0.717, 1.165) is 83.3 Å². The van der Waals surface area contributed by atoms with Crippen LogP contribution in [0.15, 0.2) is 12.3 Å². The molecule has 0 aromatic carbocycles. The molecule has 0 bridgehead atoms. The van der Waals surface area contributed by atoms with Crippen LogP contribution in [0.4, 0.5) is 0 Å². The Bertz CT molecular complexity index is 628. The molecule has 6 nitrogen and oxygen atoms in total.